The molecule has 4 heteroatoms. The Morgan fingerprint density at radius 3 is 2.91 bits per heavy atom. The van der Waals surface area contributed by atoms with Crippen molar-refractivity contribution in [3.05, 3.63) is 0 Å². The van der Waals surface area contributed by atoms with Crippen molar-refractivity contribution in [2.45, 2.75) is 12.8 Å². The minimum absolute atomic E-state index is 0.186. The molecule has 0 N–H and O–H groups in total. The molecule has 0 bridgehead atoms. The molecule has 64 valence electrons. The van der Waals surface area contributed by atoms with Gasteiger partial charge in [-0.05, 0) is 12.3 Å². The van der Waals surface area contributed by atoms with Crippen molar-refractivity contribution in [1.29, 1.82) is 0 Å². The molecule has 2 atom stereocenters. The van der Waals surface area contributed by atoms with Gasteiger partial charge in [0.25, 0.3) is 0 Å². The van der Waals surface area contributed by atoms with Crippen LogP contribution >= 0.6 is 0 Å². The van der Waals surface area contributed by atoms with Crippen LogP contribution < -0.4 is 0 Å². The standard InChI is InChI=1S/C7H12O3S/c1-10-7(8)4-6-2-3-11(9)5-6/h6H,2-5H2,1H3. The highest BCUT2D eigenvalue weighted by atomic mass is 32.2. The SMILES string of the molecule is COC(=O)CC1CCS(=O)C1. The van der Waals surface area contributed by atoms with Gasteiger partial charge in [0.05, 0.1) is 7.11 Å². The summed E-state index contributed by atoms with van der Waals surface area (Å²) in [5.74, 6) is 1.54. The molecule has 1 saturated heterocycles. The first kappa shape index (κ1) is 8.71. The van der Waals surface area contributed by atoms with Gasteiger partial charge in [-0.2, -0.15) is 0 Å². The minimum Gasteiger partial charge on any atom is -0.469 e. The van der Waals surface area contributed by atoms with Gasteiger partial charge in [0.15, 0.2) is 0 Å². The van der Waals surface area contributed by atoms with Crippen LogP contribution in [0, 0.1) is 5.92 Å². The molecule has 2 unspecified atom stereocenters. The summed E-state index contributed by atoms with van der Waals surface area (Å²) in [6.07, 6.45) is 1.34. The number of esters is 1. The zero-order valence-corrected chi connectivity index (χ0v) is 7.36. The average molecular weight is 176 g/mol. The zero-order valence-electron chi connectivity index (χ0n) is 6.54. The van der Waals surface area contributed by atoms with E-state index < -0.39 is 10.8 Å². The largest absolute Gasteiger partial charge is 0.469 e. The first-order chi connectivity index (χ1) is 5.22. The highest BCUT2D eigenvalue weighted by Gasteiger charge is 2.23. The maximum Gasteiger partial charge on any atom is 0.305 e. The predicted octanol–water partition coefficient (Wildman–Crippen LogP) is 0.318. The fraction of sp³-hybridized carbons (Fsp3) is 0.857. The van der Waals surface area contributed by atoms with Crippen LogP contribution in [0.3, 0.4) is 0 Å². The van der Waals surface area contributed by atoms with Gasteiger partial charge in [-0.1, -0.05) is 0 Å². The third-order valence-electron chi connectivity index (χ3n) is 1.86. The van der Waals surface area contributed by atoms with E-state index in [1.165, 1.54) is 7.11 Å². The second-order valence-corrected chi connectivity index (χ2v) is 4.37. The first-order valence-electron chi connectivity index (χ1n) is 3.64. The van der Waals surface area contributed by atoms with Crippen molar-refractivity contribution in [2.75, 3.05) is 18.6 Å². The summed E-state index contributed by atoms with van der Waals surface area (Å²) in [6, 6.07) is 0. The molecule has 0 radical (unpaired) electrons. The molecule has 1 aliphatic rings. The van der Waals surface area contributed by atoms with Crippen molar-refractivity contribution >= 4 is 16.8 Å². The van der Waals surface area contributed by atoms with E-state index in [0.717, 1.165) is 12.2 Å². The Balaban J connectivity index is 2.28. The third kappa shape index (κ3) is 2.61. The van der Waals surface area contributed by atoms with E-state index in [4.69, 9.17) is 0 Å². The Morgan fingerprint density at radius 2 is 2.45 bits per heavy atom. The van der Waals surface area contributed by atoms with Crippen molar-refractivity contribution in [3.8, 4) is 0 Å². The van der Waals surface area contributed by atoms with E-state index in [9.17, 15) is 9.00 Å². The third-order valence-corrected chi connectivity index (χ3v) is 3.39. The van der Waals surface area contributed by atoms with Crippen molar-refractivity contribution in [1.82, 2.24) is 0 Å². The van der Waals surface area contributed by atoms with Gasteiger partial charge in [-0.15, -0.1) is 0 Å². The van der Waals surface area contributed by atoms with Crippen molar-refractivity contribution in [2.24, 2.45) is 5.92 Å². The molecular weight excluding hydrogens is 164 g/mol. The summed E-state index contributed by atoms with van der Waals surface area (Å²) < 4.78 is 15.4. The Morgan fingerprint density at radius 1 is 1.73 bits per heavy atom. The van der Waals surface area contributed by atoms with Crippen LogP contribution in [0.5, 0.6) is 0 Å². The van der Waals surface area contributed by atoms with Gasteiger partial charge in [0.1, 0.15) is 0 Å². The molecule has 0 spiro atoms. The van der Waals surface area contributed by atoms with Crippen LogP contribution in [-0.2, 0) is 20.3 Å². The molecule has 0 saturated carbocycles. The minimum atomic E-state index is -0.679. The number of methoxy groups -OCH3 is 1. The summed E-state index contributed by atoms with van der Waals surface area (Å²) in [5, 5.41) is 0. The lowest BCUT2D eigenvalue weighted by Crippen LogP contribution is -2.09. The highest BCUT2D eigenvalue weighted by molar-refractivity contribution is 7.85. The smallest absolute Gasteiger partial charge is 0.305 e. The van der Waals surface area contributed by atoms with E-state index in [1.807, 2.05) is 0 Å². The molecule has 1 aliphatic heterocycles. The lowest BCUT2D eigenvalue weighted by Gasteiger charge is -2.03. The molecule has 1 fully saturated rings. The molecule has 3 nitrogen and oxygen atoms in total. The van der Waals surface area contributed by atoms with Gasteiger partial charge in [0, 0.05) is 28.7 Å². The fourth-order valence-corrected chi connectivity index (χ4v) is 2.78. The van der Waals surface area contributed by atoms with Crippen LogP contribution in [0.25, 0.3) is 0 Å². The topological polar surface area (TPSA) is 43.4 Å². The summed E-state index contributed by atoms with van der Waals surface area (Å²) in [6.45, 7) is 0. The van der Waals surface area contributed by atoms with Gasteiger partial charge in [-0.3, -0.25) is 9.00 Å². The molecule has 1 heterocycles. The Labute approximate surface area is 68.6 Å². The number of hydrogen-bond donors (Lipinski definition) is 0. The monoisotopic (exact) mass is 176 g/mol. The van der Waals surface area contributed by atoms with Crippen LogP contribution in [-0.4, -0.2) is 28.8 Å². The summed E-state index contributed by atoms with van der Waals surface area (Å²) in [7, 11) is 0.704. The molecular formula is C7H12O3S. The van der Waals surface area contributed by atoms with Gasteiger partial charge in [0.2, 0.25) is 0 Å². The average Bonchev–Trinajstić information content (AvgIpc) is 2.35. The van der Waals surface area contributed by atoms with Gasteiger partial charge >= 0.3 is 5.97 Å². The summed E-state index contributed by atoms with van der Waals surface area (Å²) >= 11 is 0. The molecule has 0 aromatic carbocycles. The molecule has 0 amide bonds. The fourth-order valence-electron chi connectivity index (χ4n) is 1.21. The number of carbonyl (C=O) groups is 1. The number of rotatable bonds is 2. The van der Waals surface area contributed by atoms with Crippen LogP contribution in [0.2, 0.25) is 0 Å². The second kappa shape index (κ2) is 3.85. The number of carbonyl (C=O) groups excluding carboxylic acids is 1. The quantitative estimate of drug-likeness (QED) is 0.569. The molecule has 1 rings (SSSR count). The summed E-state index contributed by atoms with van der Waals surface area (Å²) in [5.41, 5.74) is 0. The Bertz CT molecular complexity index is 179. The maximum atomic E-state index is 10.9. The van der Waals surface area contributed by atoms with E-state index in [0.29, 0.717) is 18.1 Å². The van der Waals surface area contributed by atoms with E-state index in [-0.39, 0.29) is 5.97 Å². The lowest BCUT2D eigenvalue weighted by molar-refractivity contribution is -0.141. The molecule has 0 aromatic rings. The number of hydrogen-bond acceptors (Lipinski definition) is 3. The Hall–Kier alpha value is -0.380. The first-order valence-corrected chi connectivity index (χ1v) is 5.13. The van der Waals surface area contributed by atoms with Gasteiger partial charge in [-0.25, -0.2) is 0 Å². The van der Waals surface area contributed by atoms with Gasteiger partial charge < -0.3 is 4.74 Å². The summed E-state index contributed by atoms with van der Waals surface area (Å²) in [4.78, 5) is 10.8. The van der Waals surface area contributed by atoms with Crippen LogP contribution in [0.15, 0.2) is 0 Å². The normalized spacial score (nSPS) is 30.3. The second-order valence-electron chi connectivity index (χ2n) is 2.75. The molecule has 11 heavy (non-hydrogen) atoms. The van der Waals surface area contributed by atoms with E-state index in [2.05, 4.69) is 4.74 Å². The Kier molecular flexibility index (Phi) is 3.05. The molecule has 0 aliphatic carbocycles. The number of ether oxygens (including phenoxy) is 1. The van der Waals surface area contributed by atoms with E-state index >= 15 is 0 Å². The van der Waals surface area contributed by atoms with Crippen molar-refractivity contribution in [3.63, 3.8) is 0 Å². The van der Waals surface area contributed by atoms with E-state index in [1.54, 1.807) is 0 Å². The predicted molar refractivity (Wildman–Crippen MR) is 42.6 cm³/mol. The highest BCUT2D eigenvalue weighted by Crippen LogP contribution is 2.18. The van der Waals surface area contributed by atoms with Crippen molar-refractivity contribution < 1.29 is 13.7 Å². The van der Waals surface area contributed by atoms with Crippen LogP contribution in [0.4, 0.5) is 0 Å². The lowest BCUT2D eigenvalue weighted by atomic mass is 10.1. The van der Waals surface area contributed by atoms with Crippen LogP contribution in [0.1, 0.15) is 12.8 Å². The zero-order chi connectivity index (χ0) is 8.27. The maximum absolute atomic E-state index is 10.9. The molecule has 0 aromatic heterocycles.